The highest BCUT2D eigenvalue weighted by Crippen LogP contribution is 2.69. The largest absolute Gasteiger partial charge is 0.394 e. The number of fused-ring (bicyclic) bond motifs is 7. The molecule has 3 saturated carbocycles. The van der Waals surface area contributed by atoms with Gasteiger partial charge in [0.2, 0.25) is 0 Å². The highest BCUT2D eigenvalue weighted by molar-refractivity contribution is 5.22. The van der Waals surface area contributed by atoms with E-state index in [1.165, 1.54) is 32.3 Å². The average molecular weight is 855 g/mol. The van der Waals surface area contributed by atoms with Gasteiger partial charge in [0.1, 0.15) is 61.0 Å². The predicted octanol–water partition coefficient (Wildman–Crippen LogP) is 0.852. The molecule has 5 heterocycles. The van der Waals surface area contributed by atoms with Gasteiger partial charge in [-0.2, -0.15) is 0 Å². The van der Waals surface area contributed by atoms with E-state index in [4.69, 9.17) is 37.9 Å². The molecule has 0 radical (unpaired) electrons. The molecule has 5 saturated heterocycles. The van der Waals surface area contributed by atoms with Gasteiger partial charge in [-0.15, -0.1) is 0 Å². The van der Waals surface area contributed by atoms with E-state index in [0.717, 1.165) is 38.7 Å². The van der Waals surface area contributed by atoms with E-state index < -0.39 is 105 Å². The second-order valence-corrected chi connectivity index (χ2v) is 20.4. The summed E-state index contributed by atoms with van der Waals surface area (Å²) in [5, 5.41) is 85.6. The molecule has 4 aliphatic carbocycles. The van der Waals surface area contributed by atoms with E-state index in [1.807, 2.05) is 0 Å². The summed E-state index contributed by atoms with van der Waals surface area (Å²) >= 11 is 0. The maximum absolute atomic E-state index is 11.5. The van der Waals surface area contributed by atoms with Gasteiger partial charge in [0.15, 0.2) is 24.7 Å². The van der Waals surface area contributed by atoms with E-state index in [9.17, 15) is 40.9 Å². The Balaban J connectivity index is 0.921. The normalized spacial score (nSPS) is 57.9. The molecule has 16 nitrogen and oxygen atoms in total. The molecule has 26 atom stereocenters. The quantitative estimate of drug-likeness (QED) is 0.166. The van der Waals surface area contributed by atoms with Gasteiger partial charge in [-0.25, -0.2) is 0 Å². The Labute approximate surface area is 352 Å². The lowest BCUT2D eigenvalue weighted by atomic mass is 9.51. The molecule has 9 rings (SSSR count). The minimum Gasteiger partial charge on any atom is -0.394 e. The summed E-state index contributed by atoms with van der Waals surface area (Å²) < 4.78 is 50.3. The van der Waals surface area contributed by atoms with Crippen LogP contribution in [0.4, 0.5) is 0 Å². The van der Waals surface area contributed by atoms with Crippen LogP contribution in [0, 0.1) is 46.8 Å². The molecule has 0 bridgehead atoms. The second-order valence-electron chi connectivity index (χ2n) is 20.4. The Bertz CT molecular complexity index is 1540. The Kier molecular flexibility index (Phi) is 12.4. The van der Waals surface area contributed by atoms with Crippen LogP contribution in [0.15, 0.2) is 11.6 Å². The van der Waals surface area contributed by atoms with E-state index in [2.05, 4.69) is 26.8 Å². The number of ether oxygens (including phenoxy) is 8. The van der Waals surface area contributed by atoms with Crippen LogP contribution in [0.2, 0.25) is 0 Å². The second kappa shape index (κ2) is 16.8. The molecular weight excluding hydrogens is 784 g/mol. The molecule has 22 unspecified atom stereocenters. The SMILES string of the molecule is CC1OC(OC2C(O[C@H]3CCC4C(=CCC5C4CC[C@@]4(C)C5CC5OC6(CC[C@@H](C)CO6)[C@@H](C)C54)C3)OC(CO)C(O)C2OC2OC(C)C(O)C(O)C2O)C(O)C(O)C1O. The van der Waals surface area contributed by atoms with Gasteiger partial charge in [-0.3, -0.25) is 0 Å². The summed E-state index contributed by atoms with van der Waals surface area (Å²) in [7, 11) is 0. The van der Waals surface area contributed by atoms with Gasteiger partial charge in [-0.05, 0) is 106 Å². The van der Waals surface area contributed by atoms with Crippen LogP contribution >= 0.6 is 0 Å². The van der Waals surface area contributed by atoms with Gasteiger partial charge < -0.3 is 78.7 Å². The zero-order valence-electron chi connectivity index (χ0n) is 35.6. The molecular formula is C44H70O16. The van der Waals surface area contributed by atoms with Crippen LogP contribution in [-0.2, 0) is 37.9 Å². The predicted molar refractivity (Wildman–Crippen MR) is 208 cm³/mol. The number of aliphatic hydroxyl groups is 8. The van der Waals surface area contributed by atoms with E-state index in [1.54, 1.807) is 0 Å². The Morgan fingerprint density at radius 3 is 2.00 bits per heavy atom. The summed E-state index contributed by atoms with van der Waals surface area (Å²) in [4.78, 5) is 0. The lowest BCUT2D eigenvalue weighted by Crippen LogP contribution is -2.67. The van der Waals surface area contributed by atoms with E-state index in [0.29, 0.717) is 54.3 Å². The molecule has 8 N–H and O–H groups in total. The summed E-state index contributed by atoms with van der Waals surface area (Å²) in [5.41, 5.74) is 1.57. The smallest absolute Gasteiger partial charge is 0.187 e. The van der Waals surface area contributed by atoms with Crippen molar-refractivity contribution in [1.29, 1.82) is 0 Å². The first-order valence-electron chi connectivity index (χ1n) is 22.9. The molecule has 9 aliphatic rings. The topological polar surface area (TPSA) is 236 Å². The van der Waals surface area contributed by atoms with Crippen molar-refractivity contribution in [3.8, 4) is 0 Å². The minimum atomic E-state index is -1.73. The number of hydrogen-bond acceptors (Lipinski definition) is 16. The van der Waals surface area contributed by atoms with Crippen molar-refractivity contribution in [2.24, 2.45) is 46.8 Å². The molecule has 342 valence electrons. The fourth-order valence-electron chi connectivity index (χ4n) is 13.6. The average Bonchev–Trinajstić information content (AvgIpc) is 3.68. The fraction of sp³-hybridized carbons (Fsp3) is 0.955. The molecule has 0 amide bonds. The molecule has 0 aromatic heterocycles. The molecule has 0 aromatic carbocycles. The number of aliphatic hydroxyl groups excluding tert-OH is 8. The minimum absolute atomic E-state index is 0.211. The molecule has 1 spiro atoms. The fourth-order valence-corrected chi connectivity index (χ4v) is 13.6. The van der Waals surface area contributed by atoms with Crippen LogP contribution in [0.5, 0.6) is 0 Å². The van der Waals surface area contributed by atoms with Crippen molar-refractivity contribution < 1.29 is 78.7 Å². The summed E-state index contributed by atoms with van der Waals surface area (Å²) in [6.45, 7) is 10.3. The Morgan fingerprint density at radius 2 is 1.37 bits per heavy atom. The van der Waals surface area contributed by atoms with E-state index in [-0.39, 0.29) is 17.6 Å². The van der Waals surface area contributed by atoms with Gasteiger partial charge in [0.25, 0.3) is 0 Å². The molecule has 5 aliphatic heterocycles. The summed E-state index contributed by atoms with van der Waals surface area (Å²) in [6.07, 6.45) is -10.4. The van der Waals surface area contributed by atoms with Crippen LogP contribution in [0.3, 0.4) is 0 Å². The zero-order chi connectivity index (χ0) is 42.6. The van der Waals surface area contributed by atoms with Crippen molar-refractivity contribution in [3.63, 3.8) is 0 Å². The lowest BCUT2D eigenvalue weighted by Gasteiger charge is -2.55. The summed E-state index contributed by atoms with van der Waals surface area (Å²) in [6, 6.07) is 0. The zero-order valence-corrected chi connectivity index (χ0v) is 35.6. The Hall–Kier alpha value is -0.900. The lowest BCUT2D eigenvalue weighted by molar-refractivity contribution is -0.393. The highest BCUT2D eigenvalue weighted by atomic mass is 16.8. The third kappa shape index (κ3) is 7.37. The van der Waals surface area contributed by atoms with Gasteiger partial charge >= 0.3 is 0 Å². The first-order chi connectivity index (χ1) is 28.5. The maximum atomic E-state index is 11.5. The standard InChI is InChI=1S/C44H70O16/c1-18-10-13-44(53-17-18)19(2)30-28(60-44)15-27-26-8-6-22-14-23(7-9-24(22)25(26)11-12-43(27,30)5)56-42-39(59-41-37(52)35(50)32(47)21(4)55-41)38(33(48)29(16-45)57-42)58-40-36(51)34(49)31(46)20(3)54-40/h6,18-21,23-42,45-52H,7-17H2,1-5H3/t18-,19+,20?,21?,23+,24?,25?,26?,27?,28?,29?,30?,31?,32?,33?,34?,35?,36?,37?,38?,39?,40?,41?,42?,43+,44?/m1/s1. The van der Waals surface area contributed by atoms with Crippen molar-refractivity contribution >= 4 is 0 Å². The third-order valence-corrected chi connectivity index (χ3v) is 17.0. The van der Waals surface area contributed by atoms with Crippen molar-refractivity contribution in [3.05, 3.63) is 11.6 Å². The first-order valence-corrected chi connectivity index (χ1v) is 22.9. The number of rotatable bonds is 7. The van der Waals surface area contributed by atoms with Crippen LogP contribution in [0.1, 0.15) is 92.4 Å². The molecule has 16 heteroatoms. The van der Waals surface area contributed by atoms with Gasteiger partial charge in [-0.1, -0.05) is 32.4 Å². The maximum Gasteiger partial charge on any atom is 0.187 e. The monoisotopic (exact) mass is 854 g/mol. The van der Waals surface area contributed by atoms with Crippen molar-refractivity contribution in [1.82, 2.24) is 0 Å². The molecule has 0 aromatic rings. The summed E-state index contributed by atoms with van der Waals surface area (Å²) in [5.74, 6) is 3.18. The van der Waals surface area contributed by atoms with Crippen LogP contribution in [0.25, 0.3) is 0 Å². The van der Waals surface area contributed by atoms with Crippen molar-refractivity contribution in [2.75, 3.05) is 13.2 Å². The van der Waals surface area contributed by atoms with Crippen molar-refractivity contribution in [2.45, 2.75) is 203 Å². The molecule has 8 fully saturated rings. The number of allylic oxidation sites excluding steroid dienone is 1. The van der Waals surface area contributed by atoms with Gasteiger partial charge in [0.05, 0.1) is 37.6 Å². The van der Waals surface area contributed by atoms with E-state index >= 15 is 0 Å². The van der Waals surface area contributed by atoms with Crippen LogP contribution in [-0.4, -0.2) is 164 Å². The van der Waals surface area contributed by atoms with Crippen LogP contribution < -0.4 is 0 Å². The number of hydrogen-bond donors (Lipinski definition) is 8. The first kappa shape index (κ1) is 44.3. The molecule has 60 heavy (non-hydrogen) atoms. The third-order valence-electron chi connectivity index (χ3n) is 17.0. The Morgan fingerprint density at radius 1 is 0.700 bits per heavy atom. The highest BCUT2D eigenvalue weighted by Gasteiger charge is 2.68. The van der Waals surface area contributed by atoms with Gasteiger partial charge in [0, 0.05) is 12.3 Å².